The van der Waals surface area contributed by atoms with Gasteiger partial charge < -0.3 is 14.6 Å². The summed E-state index contributed by atoms with van der Waals surface area (Å²) in [6, 6.07) is 7.68. The van der Waals surface area contributed by atoms with Gasteiger partial charge in [-0.1, -0.05) is 6.08 Å². The van der Waals surface area contributed by atoms with E-state index >= 15 is 0 Å². The van der Waals surface area contributed by atoms with Crippen LogP contribution in [0.25, 0.3) is 5.69 Å². The Labute approximate surface area is 146 Å². The third-order valence-corrected chi connectivity index (χ3v) is 3.81. The van der Waals surface area contributed by atoms with Crippen LogP contribution in [0.4, 0.5) is 4.39 Å². The van der Waals surface area contributed by atoms with Crippen molar-refractivity contribution in [2.75, 3.05) is 6.54 Å². The van der Waals surface area contributed by atoms with E-state index in [1.165, 1.54) is 19.1 Å². The van der Waals surface area contributed by atoms with Gasteiger partial charge in [0.25, 0.3) is 5.91 Å². The Bertz CT molecular complexity index is 794. The number of aromatic nitrogens is 1. The number of carbonyl (C=O) groups is 2. The van der Waals surface area contributed by atoms with Crippen LogP contribution in [0.15, 0.2) is 43.0 Å². The third kappa shape index (κ3) is 4.15. The molecule has 1 aromatic heterocycles. The van der Waals surface area contributed by atoms with Gasteiger partial charge in [-0.2, -0.15) is 0 Å². The lowest BCUT2D eigenvalue weighted by Gasteiger charge is -2.13. The molecule has 1 unspecified atom stereocenters. The molecule has 0 aliphatic heterocycles. The van der Waals surface area contributed by atoms with E-state index in [1.807, 2.05) is 11.5 Å². The summed E-state index contributed by atoms with van der Waals surface area (Å²) in [5, 5.41) is 2.58. The predicted molar refractivity (Wildman–Crippen MR) is 93.3 cm³/mol. The molecular weight excluding hydrogens is 323 g/mol. The number of esters is 1. The number of nitrogens with zero attached hydrogens (tertiary/aromatic N) is 1. The normalized spacial score (nSPS) is 11.7. The lowest BCUT2D eigenvalue weighted by atomic mass is 10.2. The van der Waals surface area contributed by atoms with Crippen LogP contribution >= 0.6 is 0 Å². The summed E-state index contributed by atoms with van der Waals surface area (Å²) < 4.78 is 20.2. The number of nitrogens with one attached hydrogen (secondary N) is 1. The first-order valence-electron chi connectivity index (χ1n) is 7.89. The minimum Gasteiger partial charge on any atom is -0.449 e. The molecule has 0 saturated heterocycles. The predicted octanol–water partition coefficient (Wildman–Crippen LogP) is 3.08. The van der Waals surface area contributed by atoms with Crippen LogP contribution in [-0.4, -0.2) is 29.1 Å². The number of benzene rings is 1. The Kier molecular flexibility index (Phi) is 5.75. The summed E-state index contributed by atoms with van der Waals surface area (Å²) in [5.74, 6) is -1.30. The van der Waals surface area contributed by atoms with Crippen molar-refractivity contribution < 1.29 is 18.7 Å². The van der Waals surface area contributed by atoms with Crippen molar-refractivity contribution in [1.82, 2.24) is 9.88 Å². The van der Waals surface area contributed by atoms with E-state index in [-0.39, 0.29) is 11.7 Å². The molecule has 1 atom stereocenters. The van der Waals surface area contributed by atoms with Gasteiger partial charge in [0.15, 0.2) is 6.10 Å². The summed E-state index contributed by atoms with van der Waals surface area (Å²) in [4.78, 5) is 24.2. The van der Waals surface area contributed by atoms with Gasteiger partial charge in [-0.3, -0.25) is 4.79 Å². The molecule has 5 nitrogen and oxygen atoms in total. The molecule has 1 aromatic carbocycles. The van der Waals surface area contributed by atoms with E-state index in [9.17, 15) is 14.0 Å². The first-order valence-corrected chi connectivity index (χ1v) is 7.89. The Balaban J connectivity index is 2.21. The highest BCUT2D eigenvalue weighted by Gasteiger charge is 2.22. The first-order chi connectivity index (χ1) is 11.8. The molecule has 0 saturated carbocycles. The maximum absolute atomic E-state index is 13.1. The van der Waals surface area contributed by atoms with Gasteiger partial charge in [0.05, 0.1) is 5.56 Å². The molecule has 25 heavy (non-hydrogen) atoms. The molecule has 132 valence electrons. The number of carbonyl (C=O) groups excluding carboxylic acids is 2. The van der Waals surface area contributed by atoms with Crippen molar-refractivity contribution >= 4 is 11.9 Å². The highest BCUT2D eigenvalue weighted by molar-refractivity contribution is 5.93. The van der Waals surface area contributed by atoms with Crippen LogP contribution in [0.1, 0.15) is 28.7 Å². The Morgan fingerprint density at radius 3 is 2.56 bits per heavy atom. The second kappa shape index (κ2) is 7.79. The topological polar surface area (TPSA) is 60.3 Å². The van der Waals surface area contributed by atoms with E-state index in [2.05, 4.69) is 11.9 Å². The average molecular weight is 344 g/mol. The fourth-order valence-electron chi connectivity index (χ4n) is 2.55. The maximum atomic E-state index is 13.1. The molecular formula is C19H21FN2O3. The number of halogens is 1. The summed E-state index contributed by atoms with van der Waals surface area (Å²) in [6.45, 7) is 8.94. The SMILES string of the molecule is C=CCNC(=O)C(C)OC(=O)c1cc(C)n(-c2ccc(F)cc2)c1C. The largest absolute Gasteiger partial charge is 0.449 e. The van der Waals surface area contributed by atoms with Crippen LogP contribution in [0, 0.1) is 19.7 Å². The standard InChI is InChI=1S/C19H21FN2O3/c1-5-10-21-18(23)14(4)25-19(24)17-11-12(2)22(13(17)3)16-8-6-15(20)7-9-16/h5-9,11,14H,1,10H2,2-4H3,(H,21,23). The fraction of sp³-hybridized carbons (Fsp3) is 0.263. The second-order valence-corrected chi connectivity index (χ2v) is 5.68. The summed E-state index contributed by atoms with van der Waals surface area (Å²) in [7, 11) is 0. The van der Waals surface area contributed by atoms with E-state index in [1.54, 1.807) is 31.2 Å². The van der Waals surface area contributed by atoms with E-state index < -0.39 is 12.1 Å². The van der Waals surface area contributed by atoms with Crippen molar-refractivity contribution in [1.29, 1.82) is 0 Å². The molecule has 0 radical (unpaired) electrons. The first kappa shape index (κ1) is 18.4. The van der Waals surface area contributed by atoms with Gasteiger partial charge in [-0.05, 0) is 51.1 Å². The molecule has 0 aliphatic carbocycles. The number of hydrogen-bond acceptors (Lipinski definition) is 3. The second-order valence-electron chi connectivity index (χ2n) is 5.68. The van der Waals surface area contributed by atoms with E-state index in [0.29, 0.717) is 17.8 Å². The van der Waals surface area contributed by atoms with Crippen LogP contribution in [-0.2, 0) is 9.53 Å². The zero-order valence-corrected chi connectivity index (χ0v) is 14.5. The molecule has 1 amide bonds. The van der Waals surface area contributed by atoms with E-state index in [0.717, 1.165) is 11.4 Å². The zero-order valence-electron chi connectivity index (χ0n) is 14.5. The molecule has 0 bridgehead atoms. The number of hydrogen-bond donors (Lipinski definition) is 1. The Morgan fingerprint density at radius 1 is 1.32 bits per heavy atom. The minimum absolute atomic E-state index is 0.305. The number of aryl methyl sites for hydroxylation is 1. The molecule has 0 fully saturated rings. The van der Waals surface area contributed by atoms with Crippen LogP contribution in [0.5, 0.6) is 0 Å². The molecule has 6 heteroatoms. The highest BCUT2D eigenvalue weighted by Crippen LogP contribution is 2.22. The number of ether oxygens (including phenoxy) is 1. The quantitative estimate of drug-likeness (QED) is 0.647. The smallest absolute Gasteiger partial charge is 0.340 e. The monoisotopic (exact) mass is 344 g/mol. The minimum atomic E-state index is -0.915. The van der Waals surface area contributed by atoms with Gasteiger partial charge >= 0.3 is 5.97 Å². The van der Waals surface area contributed by atoms with Crippen molar-refractivity contribution in [2.45, 2.75) is 26.9 Å². The number of amides is 1. The molecule has 0 aliphatic rings. The lowest BCUT2D eigenvalue weighted by molar-refractivity contribution is -0.128. The Morgan fingerprint density at radius 2 is 1.96 bits per heavy atom. The van der Waals surface area contributed by atoms with Gasteiger partial charge in [-0.15, -0.1) is 6.58 Å². The zero-order chi connectivity index (χ0) is 18.6. The van der Waals surface area contributed by atoms with Gasteiger partial charge in [0.1, 0.15) is 5.82 Å². The van der Waals surface area contributed by atoms with Gasteiger partial charge in [-0.25, -0.2) is 9.18 Å². The van der Waals surface area contributed by atoms with Crippen molar-refractivity contribution in [3.63, 3.8) is 0 Å². The molecule has 2 rings (SSSR count). The summed E-state index contributed by atoms with van der Waals surface area (Å²) in [5.41, 5.74) is 2.57. The van der Waals surface area contributed by atoms with Crippen LogP contribution in [0.2, 0.25) is 0 Å². The average Bonchev–Trinajstić information content (AvgIpc) is 2.88. The van der Waals surface area contributed by atoms with Gasteiger partial charge in [0.2, 0.25) is 0 Å². The summed E-state index contributed by atoms with van der Waals surface area (Å²) in [6.07, 6.45) is 0.629. The van der Waals surface area contributed by atoms with Crippen molar-refractivity contribution in [3.05, 3.63) is 65.8 Å². The maximum Gasteiger partial charge on any atom is 0.340 e. The molecule has 2 aromatic rings. The summed E-state index contributed by atoms with van der Waals surface area (Å²) >= 11 is 0. The fourth-order valence-corrected chi connectivity index (χ4v) is 2.55. The highest BCUT2D eigenvalue weighted by atomic mass is 19.1. The van der Waals surface area contributed by atoms with Crippen molar-refractivity contribution in [2.24, 2.45) is 0 Å². The van der Waals surface area contributed by atoms with Gasteiger partial charge in [0, 0.05) is 23.6 Å². The Hall–Kier alpha value is -2.89. The van der Waals surface area contributed by atoms with Crippen molar-refractivity contribution in [3.8, 4) is 5.69 Å². The molecule has 1 heterocycles. The molecule has 1 N–H and O–H groups in total. The lowest BCUT2D eigenvalue weighted by Crippen LogP contribution is -2.35. The van der Waals surface area contributed by atoms with E-state index in [4.69, 9.17) is 4.74 Å². The van der Waals surface area contributed by atoms with Crippen LogP contribution in [0.3, 0.4) is 0 Å². The number of rotatable bonds is 6. The third-order valence-electron chi connectivity index (χ3n) is 3.81. The van der Waals surface area contributed by atoms with Crippen LogP contribution < -0.4 is 5.32 Å². The molecule has 0 spiro atoms.